The fraction of sp³-hybridized carbons (Fsp3) is 0.524. The number of fused-ring (bicyclic) bond motifs is 1. The fourth-order valence-corrected chi connectivity index (χ4v) is 8.30. The molecule has 4 rings (SSSR count). The lowest BCUT2D eigenvalue weighted by Crippen LogP contribution is -2.42. The Morgan fingerprint density at radius 3 is 2.78 bits per heavy atom. The summed E-state index contributed by atoms with van der Waals surface area (Å²) in [5.74, 6) is -0.848. The fourth-order valence-electron chi connectivity index (χ4n) is 4.24. The number of esters is 1. The zero-order valence-corrected chi connectivity index (χ0v) is 20.6. The molecule has 4 heterocycles. The first-order chi connectivity index (χ1) is 15.4. The first kappa shape index (κ1) is 23.4. The van der Waals surface area contributed by atoms with E-state index in [1.807, 2.05) is 0 Å². The molecule has 2 aromatic rings. The third-order valence-corrected chi connectivity index (χ3v) is 10.3. The van der Waals surface area contributed by atoms with Crippen molar-refractivity contribution in [2.75, 3.05) is 31.6 Å². The van der Waals surface area contributed by atoms with Gasteiger partial charge in [0.15, 0.2) is 0 Å². The van der Waals surface area contributed by atoms with Gasteiger partial charge in [-0.15, -0.1) is 22.7 Å². The smallest absolute Gasteiger partial charge is 0.341 e. The maximum Gasteiger partial charge on any atom is 0.341 e. The van der Waals surface area contributed by atoms with Crippen LogP contribution in [0.15, 0.2) is 21.7 Å². The average molecular weight is 498 g/mol. The molecule has 0 radical (unpaired) electrons. The number of sulfonamides is 1. The summed E-state index contributed by atoms with van der Waals surface area (Å²) in [5, 5.41) is 5.05. The number of nitrogens with one attached hydrogen (secondary N) is 1. The van der Waals surface area contributed by atoms with Crippen LogP contribution in [0.3, 0.4) is 0 Å². The Morgan fingerprint density at radius 2 is 2.09 bits per heavy atom. The lowest BCUT2D eigenvalue weighted by molar-refractivity contribution is -0.119. The van der Waals surface area contributed by atoms with Gasteiger partial charge in [-0.05, 0) is 49.7 Å². The van der Waals surface area contributed by atoms with Crippen LogP contribution in [0.2, 0.25) is 0 Å². The van der Waals surface area contributed by atoms with Crippen LogP contribution in [-0.4, -0.2) is 61.8 Å². The molecule has 1 atom stereocenters. The van der Waals surface area contributed by atoms with Crippen molar-refractivity contribution in [3.05, 3.63) is 33.5 Å². The number of ether oxygens (including phenoxy) is 1. The predicted molar refractivity (Wildman–Crippen MR) is 125 cm³/mol. The molecular weight excluding hydrogens is 470 g/mol. The Balaban J connectivity index is 1.61. The number of nitrogens with zero attached hydrogens (tertiary/aromatic N) is 2. The van der Waals surface area contributed by atoms with E-state index in [-0.39, 0.29) is 10.8 Å². The first-order valence-electron chi connectivity index (χ1n) is 10.8. The summed E-state index contributed by atoms with van der Waals surface area (Å²) in [6.07, 6.45) is 1.77. The Bertz CT molecular complexity index is 1090. The van der Waals surface area contributed by atoms with E-state index in [1.54, 1.807) is 24.4 Å². The number of hydrogen-bond donors (Lipinski definition) is 1. The quantitative estimate of drug-likeness (QED) is 0.591. The second kappa shape index (κ2) is 9.60. The van der Waals surface area contributed by atoms with E-state index < -0.39 is 27.9 Å². The molecule has 1 saturated heterocycles. The van der Waals surface area contributed by atoms with Gasteiger partial charge in [0.25, 0.3) is 10.0 Å². The maximum absolute atomic E-state index is 13.2. The van der Waals surface area contributed by atoms with Crippen LogP contribution in [0.5, 0.6) is 0 Å². The van der Waals surface area contributed by atoms with Crippen LogP contribution in [0, 0.1) is 0 Å². The van der Waals surface area contributed by atoms with Crippen molar-refractivity contribution in [2.24, 2.45) is 0 Å². The van der Waals surface area contributed by atoms with Gasteiger partial charge in [-0.1, -0.05) is 13.0 Å². The van der Waals surface area contributed by atoms with Crippen molar-refractivity contribution in [1.29, 1.82) is 0 Å². The predicted octanol–water partition coefficient (Wildman–Crippen LogP) is 3.16. The molecule has 0 aromatic carbocycles. The van der Waals surface area contributed by atoms with Crippen molar-refractivity contribution in [3.8, 4) is 0 Å². The standard InChI is InChI=1S/C21H27N3O5S3/c1-3-23-11-9-14-16(13-23)31-20(18(14)21(26)29-4-2)22-19(25)15-7-5-10-24(15)32(27,28)17-8-6-12-30-17/h6,8,12,15H,3-5,7,9-11,13H2,1-2H3,(H,22,25). The van der Waals surface area contributed by atoms with E-state index in [1.165, 1.54) is 15.6 Å². The maximum atomic E-state index is 13.2. The minimum absolute atomic E-state index is 0.232. The van der Waals surface area contributed by atoms with Crippen LogP contribution < -0.4 is 5.32 Å². The van der Waals surface area contributed by atoms with Crippen molar-refractivity contribution in [3.63, 3.8) is 0 Å². The van der Waals surface area contributed by atoms with Gasteiger partial charge in [0, 0.05) is 24.5 Å². The number of carbonyl (C=O) groups excluding carboxylic acids is 2. The van der Waals surface area contributed by atoms with Crippen molar-refractivity contribution in [2.45, 2.75) is 49.9 Å². The van der Waals surface area contributed by atoms with Gasteiger partial charge in [-0.25, -0.2) is 13.2 Å². The molecule has 0 aliphatic carbocycles. The second-order valence-corrected chi connectivity index (χ2v) is 11.9. The molecule has 2 aromatic heterocycles. The number of rotatable bonds is 7. The van der Waals surface area contributed by atoms with Crippen LogP contribution in [-0.2, 0) is 32.5 Å². The van der Waals surface area contributed by atoms with Gasteiger partial charge in [0.2, 0.25) is 5.91 Å². The molecule has 1 fully saturated rings. The summed E-state index contributed by atoms with van der Waals surface area (Å²) in [4.78, 5) is 29.3. The number of thiophene rings is 2. The van der Waals surface area contributed by atoms with Crippen molar-refractivity contribution in [1.82, 2.24) is 9.21 Å². The number of amides is 1. The SMILES string of the molecule is CCOC(=O)c1c(NC(=O)C2CCCN2S(=O)(=O)c2cccs2)sc2c1CCN(CC)C2. The van der Waals surface area contributed by atoms with E-state index in [0.29, 0.717) is 36.4 Å². The Labute approximate surface area is 196 Å². The number of hydrogen-bond acceptors (Lipinski definition) is 8. The highest BCUT2D eigenvalue weighted by Crippen LogP contribution is 2.38. The number of likely N-dealkylation sites (N-methyl/N-ethyl adjacent to an activating group) is 1. The van der Waals surface area contributed by atoms with Crippen LogP contribution in [0.25, 0.3) is 0 Å². The Hall–Kier alpha value is -1.79. The van der Waals surface area contributed by atoms with Crippen molar-refractivity contribution >= 4 is 49.6 Å². The topological polar surface area (TPSA) is 96.0 Å². The number of anilines is 1. The van der Waals surface area contributed by atoms with E-state index in [9.17, 15) is 18.0 Å². The minimum Gasteiger partial charge on any atom is -0.462 e. The normalized spacial score (nSPS) is 19.6. The van der Waals surface area contributed by atoms with Crippen LogP contribution in [0.4, 0.5) is 5.00 Å². The molecule has 32 heavy (non-hydrogen) atoms. The molecule has 8 nitrogen and oxygen atoms in total. The highest BCUT2D eigenvalue weighted by Gasteiger charge is 2.40. The Kier molecular flexibility index (Phi) is 7.01. The van der Waals surface area contributed by atoms with Gasteiger partial charge >= 0.3 is 5.97 Å². The summed E-state index contributed by atoms with van der Waals surface area (Å²) in [6, 6.07) is 2.44. The zero-order chi connectivity index (χ0) is 22.9. The third kappa shape index (κ3) is 4.36. The molecule has 0 saturated carbocycles. The molecule has 11 heteroatoms. The molecule has 0 spiro atoms. The average Bonchev–Trinajstić information content (AvgIpc) is 3.52. The van der Waals surface area contributed by atoms with E-state index in [2.05, 4.69) is 17.1 Å². The molecule has 1 unspecified atom stereocenters. The van der Waals surface area contributed by atoms with Gasteiger partial charge in [0.05, 0.1) is 12.2 Å². The monoisotopic (exact) mass is 497 g/mol. The van der Waals surface area contributed by atoms with E-state index in [0.717, 1.165) is 41.4 Å². The first-order valence-corrected chi connectivity index (χ1v) is 13.9. The summed E-state index contributed by atoms with van der Waals surface area (Å²) < 4.78 is 32.9. The van der Waals surface area contributed by atoms with Gasteiger partial charge < -0.3 is 10.1 Å². The van der Waals surface area contributed by atoms with E-state index in [4.69, 9.17) is 4.74 Å². The van der Waals surface area contributed by atoms with E-state index >= 15 is 0 Å². The van der Waals surface area contributed by atoms with Crippen LogP contribution in [0.1, 0.15) is 47.5 Å². The van der Waals surface area contributed by atoms with Crippen molar-refractivity contribution < 1.29 is 22.7 Å². The molecule has 1 amide bonds. The minimum atomic E-state index is -3.73. The molecule has 2 aliphatic rings. The lowest BCUT2D eigenvalue weighted by Gasteiger charge is -2.25. The molecule has 2 aliphatic heterocycles. The van der Waals surface area contributed by atoms with Gasteiger partial charge in [0.1, 0.15) is 15.3 Å². The summed E-state index contributed by atoms with van der Waals surface area (Å²) >= 11 is 2.53. The van der Waals surface area contributed by atoms with Crippen LogP contribution >= 0.6 is 22.7 Å². The summed E-state index contributed by atoms with van der Waals surface area (Å²) in [5.41, 5.74) is 1.35. The summed E-state index contributed by atoms with van der Waals surface area (Å²) in [6.45, 7) is 6.86. The molecule has 0 bridgehead atoms. The summed E-state index contributed by atoms with van der Waals surface area (Å²) in [7, 11) is -3.73. The largest absolute Gasteiger partial charge is 0.462 e. The second-order valence-electron chi connectivity index (χ2n) is 7.74. The number of carbonyl (C=O) groups is 2. The molecule has 1 N–H and O–H groups in total. The molecular formula is C21H27N3O5S3. The molecule has 174 valence electrons. The highest BCUT2D eigenvalue weighted by atomic mass is 32.2. The lowest BCUT2D eigenvalue weighted by atomic mass is 10.0. The third-order valence-electron chi connectivity index (χ3n) is 5.86. The zero-order valence-electron chi connectivity index (χ0n) is 18.1. The highest BCUT2D eigenvalue weighted by molar-refractivity contribution is 7.91. The Morgan fingerprint density at radius 1 is 1.28 bits per heavy atom. The van der Waals surface area contributed by atoms with Gasteiger partial charge in [-0.2, -0.15) is 4.31 Å². The van der Waals surface area contributed by atoms with Gasteiger partial charge in [-0.3, -0.25) is 9.69 Å².